The molecule has 0 aliphatic heterocycles. The molecule has 0 unspecified atom stereocenters. The Morgan fingerprint density at radius 2 is 2.03 bits per heavy atom. The van der Waals surface area contributed by atoms with Gasteiger partial charge in [-0.05, 0) is 31.5 Å². The predicted molar refractivity (Wildman–Crippen MR) is 134 cm³/mol. The summed E-state index contributed by atoms with van der Waals surface area (Å²) in [5.74, 6) is 1.93. The molecule has 1 aromatic carbocycles. The number of allylic oxidation sites excluding steroid dienone is 1. The maximum Gasteiger partial charge on any atom is 0.263 e. The van der Waals surface area contributed by atoms with E-state index in [1.807, 2.05) is 37.4 Å². The van der Waals surface area contributed by atoms with E-state index in [1.54, 1.807) is 47.5 Å². The SMILES string of the molecule is C=CCn1c(SCc2csc(-c3cccc(OC)c3OC)n2)nc2sc(C)c(C)c2c1=O. The van der Waals surface area contributed by atoms with E-state index < -0.39 is 0 Å². The first kappa shape index (κ1) is 22.6. The van der Waals surface area contributed by atoms with Gasteiger partial charge in [0, 0.05) is 22.6 Å². The van der Waals surface area contributed by atoms with Gasteiger partial charge in [-0.3, -0.25) is 9.36 Å². The molecule has 9 heteroatoms. The maximum atomic E-state index is 13.1. The molecule has 3 aromatic heterocycles. The van der Waals surface area contributed by atoms with Gasteiger partial charge in [0.05, 0.1) is 30.9 Å². The minimum absolute atomic E-state index is 0.0145. The van der Waals surface area contributed by atoms with Crippen molar-refractivity contribution in [2.45, 2.75) is 31.3 Å². The van der Waals surface area contributed by atoms with E-state index in [2.05, 4.69) is 6.58 Å². The first-order valence-electron chi connectivity index (χ1n) is 9.88. The Morgan fingerprint density at radius 3 is 2.75 bits per heavy atom. The maximum absolute atomic E-state index is 13.1. The minimum atomic E-state index is -0.0145. The number of hydrogen-bond acceptors (Lipinski definition) is 8. The van der Waals surface area contributed by atoms with Crippen LogP contribution in [0.2, 0.25) is 0 Å². The van der Waals surface area contributed by atoms with Gasteiger partial charge in [-0.2, -0.15) is 0 Å². The van der Waals surface area contributed by atoms with Crippen molar-refractivity contribution in [1.29, 1.82) is 0 Å². The van der Waals surface area contributed by atoms with E-state index in [1.165, 1.54) is 11.8 Å². The van der Waals surface area contributed by atoms with Crippen LogP contribution in [0.25, 0.3) is 20.8 Å². The van der Waals surface area contributed by atoms with Crippen LogP contribution in [0, 0.1) is 13.8 Å². The highest BCUT2D eigenvalue weighted by Crippen LogP contribution is 2.39. The predicted octanol–water partition coefficient (Wildman–Crippen LogP) is 5.69. The van der Waals surface area contributed by atoms with Crippen LogP contribution in [0.3, 0.4) is 0 Å². The Labute approximate surface area is 198 Å². The van der Waals surface area contributed by atoms with Crippen LogP contribution in [0.5, 0.6) is 11.5 Å². The normalized spacial score (nSPS) is 11.1. The second kappa shape index (κ2) is 9.48. The first-order chi connectivity index (χ1) is 15.5. The van der Waals surface area contributed by atoms with Gasteiger partial charge in [0.25, 0.3) is 5.56 Å². The average molecular weight is 486 g/mol. The zero-order chi connectivity index (χ0) is 22.8. The number of fused-ring (bicyclic) bond motifs is 1. The van der Waals surface area contributed by atoms with Crippen LogP contribution in [0.4, 0.5) is 0 Å². The Balaban J connectivity index is 1.64. The fourth-order valence-electron chi connectivity index (χ4n) is 3.40. The molecule has 0 spiro atoms. The second-order valence-corrected chi connectivity index (χ2v) is 10.0. The lowest BCUT2D eigenvalue weighted by Gasteiger charge is -2.10. The third kappa shape index (κ3) is 4.07. The number of para-hydroxylation sites is 1. The molecule has 3 heterocycles. The van der Waals surface area contributed by atoms with Crippen LogP contribution < -0.4 is 15.0 Å². The summed E-state index contributed by atoms with van der Waals surface area (Å²) in [6, 6.07) is 5.75. The van der Waals surface area contributed by atoms with Gasteiger partial charge in [0.2, 0.25) is 0 Å². The number of nitrogens with zero attached hydrogens (tertiary/aromatic N) is 3. The molecule has 4 rings (SSSR count). The summed E-state index contributed by atoms with van der Waals surface area (Å²) in [4.78, 5) is 24.6. The van der Waals surface area contributed by atoms with E-state index in [0.717, 1.165) is 31.5 Å². The lowest BCUT2D eigenvalue weighted by Crippen LogP contribution is -2.22. The molecule has 0 fully saturated rings. The van der Waals surface area contributed by atoms with E-state index >= 15 is 0 Å². The zero-order valence-corrected chi connectivity index (χ0v) is 20.7. The zero-order valence-electron chi connectivity index (χ0n) is 18.3. The quantitative estimate of drug-likeness (QED) is 0.181. The van der Waals surface area contributed by atoms with Crippen molar-refractivity contribution in [3.05, 3.63) is 62.7 Å². The summed E-state index contributed by atoms with van der Waals surface area (Å²) in [6.45, 7) is 8.22. The third-order valence-electron chi connectivity index (χ3n) is 5.10. The Bertz CT molecular complexity index is 1350. The number of ether oxygens (including phenoxy) is 2. The largest absolute Gasteiger partial charge is 0.493 e. The van der Waals surface area contributed by atoms with Crippen molar-refractivity contribution >= 4 is 44.7 Å². The molecule has 0 N–H and O–H groups in total. The van der Waals surface area contributed by atoms with Gasteiger partial charge >= 0.3 is 0 Å². The van der Waals surface area contributed by atoms with E-state index in [4.69, 9.17) is 19.4 Å². The first-order valence-corrected chi connectivity index (χ1v) is 12.6. The number of aromatic nitrogens is 3. The highest BCUT2D eigenvalue weighted by atomic mass is 32.2. The number of methoxy groups -OCH3 is 2. The van der Waals surface area contributed by atoms with Crippen molar-refractivity contribution in [3.8, 4) is 22.1 Å². The molecular weight excluding hydrogens is 462 g/mol. The van der Waals surface area contributed by atoms with E-state index in [0.29, 0.717) is 34.3 Å². The lowest BCUT2D eigenvalue weighted by atomic mass is 10.2. The van der Waals surface area contributed by atoms with Gasteiger partial charge in [-0.25, -0.2) is 9.97 Å². The lowest BCUT2D eigenvalue weighted by molar-refractivity contribution is 0.356. The molecule has 0 amide bonds. The molecule has 0 bridgehead atoms. The van der Waals surface area contributed by atoms with Gasteiger partial charge in [-0.15, -0.1) is 29.3 Å². The monoisotopic (exact) mass is 485 g/mol. The van der Waals surface area contributed by atoms with Gasteiger partial charge in [-0.1, -0.05) is 23.9 Å². The number of thioether (sulfide) groups is 1. The number of aryl methyl sites for hydroxylation is 2. The average Bonchev–Trinajstić information content (AvgIpc) is 3.38. The Kier molecular flexibility index (Phi) is 6.68. The molecule has 0 aliphatic carbocycles. The minimum Gasteiger partial charge on any atom is -0.493 e. The van der Waals surface area contributed by atoms with Crippen molar-refractivity contribution in [3.63, 3.8) is 0 Å². The van der Waals surface area contributed by atoms with Crippen LogP contribution in [-0.2, 0) is 12.3 Å². The molecule has 0 atom stereocenters. The summed E-state index contributed by atoms with van der Waals surface area (Å²) >= 11 is 4.62. The summed E-state index contributed by atoms with van der Waals surface area (Å²) in [6.07, 6.45) is 1.73. The van der Waals surface area contributed by atoms with E-state index in [-0.39, 0.29) is 5.56 Å². The molecule has 0 saturated carbocycles. The number of hydrogen-bond donors (Lipinski definition) is 0. The number of rotatable bonds is 8. The van der Waals surface area contributed by atoms with Crippen molar-refractivity contribution in [1.82, 2.24) is 14.5 Å². The van der Waals surface area contributed by atoms with Gasteiger partial charge in [0.15, 0.2) is 16.7 Å². The second-order valence-electron chi connectivity index (χ2n) is 7.04. The highest BCUT2D eigenvalue weighted by molar-refractivity contribution is 7.98. The summed E-state index contributed by atoms with van der Waals surface area (Å²) < 4.78 is 12.6. The molecule has 0 aliphatic rings. The van der Waals surface area contributed by atoms with Crippen LogP contribution in [0.15, 0.2) is 46.2 Å². The van der Waals surface area contributed by atoms with Crippen LogP contribution in [0.1, 0.15) is 16.1 Å². The standard InChI is InChI=1S/C23H23N3O3S3/c1-6-10-26-22(27)18-13(2)14(3)32-21(18)25-23(26)31-12-15-11-30-20(24-15)16-8-7-9-17(28-4)19(16)29-5/h6-9,11H,1,10,12H2,2-5H3. The summed E-state index contributed by atoms with van der Waals surface area (Å²) in [5.41, 5.74) is 2.80. The third-order valence-corrected chi connectivity index (χ3v) is 8.14. The molecule has 166 valence electrons. The van der Waals surface area contributed by atoms with Crippen molar-refractivity contribution in [2.75, 3.05) is 14.2 Å². The smallest absolute Gasteiger partial charge is 0.263 e. The van der Waals surface area contributed by atoms with Crippen molar-refractivity contribution < 1.29 is 9.47 Å². The molecule has 0 radical (unpaired) electrons. The fraction of sp³-hybridized carbons (Fsp3) is 0.261. The molecule has 4 aromatic rings. The molecule has 32 heavy (non-hydrogen) atoms. The fourth-order valence-corrected chi connectivity index (χ4v) is 6.32. The number of thiazole rings is 1. The molecule has 0 saturated heterocycles. The molecule has 6 nitrogen and oxygen atoms in total. The van der Waals surface area contributed by atoms with Crippen LogP contribution >= 0.6 is 34.4 Å². The summed E-state index contributed by atoms with van der Waals surface area (Å²) in [7, 11) is 3.25. The summed E-state index contributed by atoms with van der Waals surface area (Å²) in [5, 5.41) is 4.26. The van der Waals surface area contributed by atoms with Gasteiger partial charge < -0.3 is 9.47 Å². The topological polar surface area (TPSA) is 66.2 Å². The van der Waals surface area contributed by atoms with E-state index in [9.17, 15) is 4.79 Å². The number of thiophene rings is 1. The van der Waals surface area contributed by atoms with Crippen molar-refractivity contribution in [2.24, 2.45) is 0 Å². The Morgan fingerprint density at radius 1 is 1.22 bits per heavy atom. The van der Waals surface area contributed by atoms with Crippen LogP contribution in [-0.4, -0.2) is 28.8 Å². The Hall–Kier alpha value is -2.62. The highest BCUT2D eigenvalue weighted by Gasteiger charge is 2.18. The van der Waals surface area contributed by atoms with Gasteiger partial charge in [0.1, 0.15) is 9.84 Å². The molecular formula is C23H23N3O3S3. The number of benzene rings is 1.